The molecular weight excluding hydrogens is 322 g/mol. The van der Waals surface area contributed by atoms with Crippen molar-refractivity contribution in [2.75, 3.05) is 14.2 Å². The van der Waals surface area contributed by atoms with Crippen LogP contribution >= 0.6 is 11.3 Å². The average Bonchev–Trinajstić information content (AvgIpc) is 3.02. The summed E-state index contributed by atoms with van der Waals surface area (Å²) in [5.41, 5.74) is 2.34. The standard InChI is InChI=1S/C19H23NO3S/c1-12-4-7-17-14(8-12)10-18(24-17)19(21)20-11-13-5-6-15(22-2)16(9-13)23-3/h5-6,9-10,12H,4,7-8,11H2,1-3H3,(H,20,21)/t12-/m0/s1. The molecule has 0 saturated carbocycles. The highest BCUT2D eigenvalue weighted by atomic mass is 32.1. The van der Waals surface area contributed by atoms with Crippen LogP contribution in [0.2, 0.25) is 0 Å². The van der Waals surface area contributed by atoms with Crippen LogP contribution in [0.3, 0.4) is 0 Å². The number of carbonyl (C=O) groups excluding carboxylic acids is 1. The first kappa shape index (κ1) is 16.8. The number of amides is 1. The van der Waals surface area contributed by atoms with E-state index in [1.54, 1.807) is 25.6 Å². The largest absolute Gasteiger partial charge is 0.493 e. The molecular formula is C19H23NO3S. The zero-order chi connectivity index (χ0) is 17.1. The summed E-state index contributed by atoms with van der Waals surface area (Å²) in [5, 5.41) is 3.00. The van der Waals surface area contributed by atoms with E-state index in [0.29, 0.717) is 18.0 Å². The number of fused-ring (bicyclic) bond motifs is 1. The number of hydrogen-bond donors (Lipinski definition) is 1. The molecule has 4 nitrogen and oxygen atoms in total. The highest BCUT2D eigenvalue weighted by molar-refractivity contribution is 7.14. The lowest BCUT2D eigenvalue weighted by molar-refractivity contribution is 0.0955. The quantitative estimate of drug-likeness (QED) is 0.896. The highest BCUT2D eigenvalue weighted by Crippen LogP contribution is 2.32. The Balaban J connectivity index is 1.66. The van der Waals surface area contributed by atoms with Crippen LogP contribution in [0.5, 0.6) is 11.5 Å². The second kappa shape index (κ2) is 7.26. The number of hydrogen-bond acceptors (Lipinski definition) is 4. The molecule has 0 aliphatic heterocycles. The third kappa shape index (κ3) is 3.56. The molecule has 1 N–H and O–H groups in total. The second-order valence-corrected chi connectivity index (χ2v) is 7.42. The molecule has 1 atom stereocenters. The first-order chi connectivity index (χ1) is 11.6. The van der Waals surface area contributed by atoms with Gasteiger partial charge in [0.2, 0.25) is 0 Å². The fraction of sp³-hybridized carbons (Fsp3) is 0.421. The number of benzene rings is 1. The Kier molecular flexibility index (Phi) is 5.09. The fourth-order valence-corrected chi connectivity index (χ4v) is 4.20. The lowest BCUT2D eigenvalue weighted by Gasteiger charge is -2.16. The molecule has 0 radical (unpaired) electrons. The molecule has 3 rings (SSSR count). The minimum absolute atomic E-state index is 0.00293. The van der Waals surface area contributed by atoms with Crippen LogP contribution in [0.15, 0.2) is 24.3 Å². The maximum absolute atomic E-state index is 12.4. The van der Waals surface area contributed by atoms with Gasteiger partial charge in [0.1, 0.15) is 0 Å². The van der Waals surface area contributed by atoms with Gasteiger partial charge in [-0.05, 0) is 54.5 Å². The Morgan fingerprint density at radius 2 is 2.04 bits per heavy atom. The van der Waals surface area contributed by atoms with E-state index in [4.69, 9.17) is 9.47 Å². The van der Waals surface area contributed by atoms with Gasteiger partial charge < -0.3 is 14.8 Å². The predicted molar refractivity (Wildman–Crippen MR) is 96.2 cm³/mol. The molecule has 1 aliphatic rings. The molecule has 0 fully saturated rings. The number of aryl methyl sites for hydroxylation is 1. The first-order valence-electron chi connectivity index (χ1n) is 8.21. The van der Waals surface area contributed by atoms with E-state index >= 15 is 0 Å². The Bertz CT molecular complexity index is 738. The Labute approximate surface area is 146 Å². The minimum atomic E-state index is -0.00293. The lowest BCUT2D eigenvalue weighted by Crippen LogP contribution is -2.21. The molecule has 0 bridgehead atoms. The Morgan fingerprint density at radius 3 is 2.79 bits per heavy atom. The third-order valence-electron chi connectivity index (χ3n) is 4.45. The molecule has 0 unspecified atom stereocenters. The third-order valence-corrected chi connectivity index (χ3v) is 5.69. The SMILES string of the molecule is COc1ccc(CNC(=O)c2cc3c(s2)CC[C@H](C)C3)cc1OC. The van der Waals surface area contributed by atoms with Crippen molar-refractivity contribution in [2.24, 2.45) is 5.92 Å². The van der Waals surface area contributed by atoms with E-state index in [9.17, 15) is 4.79 Å². The summed E-state index contributed by atoms with van der Waals surface area (Å²) in [7, 11) is 3.22. The summed E-state index contributed by atoms with van der Waals surface area (Å²) in [5.74, 6) is 2.07. The lowest BCUT2D eigenvalue weighted by atomic mass is 9.90. The molecule has 24 heavy (non-hydrogen) atoms. The van der Waals surface area contributed by atoms with Crippen LogP contribution in [0.1, 0.15) is 39.0 Å². The minimum Gasteiger partial charge on any atom is -0.493 e. The zero-order valence-corrected chi connectivity index (χ0v) is 15.2. The Morgan fingerprint density at radius 1 is 1.25 bits per heavy atom. The molecule has 1 aromatic heterocycles. The van der Waals surface area contributed by atoms with E-state index in [2.05, 4.69) is 18.3 Å². The van der Waals surface area contributed by atoms with Gasteiger partial charge in [0, 0.05) is 11.4 Å². The van der Waals surface area contributed by atoms with Gasteiger partial charge in [-0.2, -0.15) is 0 Å². The van der Waals surface area contributed by atoms with Gasteiger partial charge in [0.25, 0.3) is 5.91 Å². The maximum Gasteiger partial charge on any atom is 0.261 e. The first-order valence-corrected chi connectivity index (χ1v) is 9.03. The van der Waals surface area contributed by atoms with Crippen LogP contribution in [0.25, 0.3) is 0 Å². The van der Waals surface area contributed by atoms with Gasteiger partial charge >= 0.3 is 0 Å². The van der Waals surface area contributed by atoms with Crippen molar-refractivity contribution >= 4 is 17.2 Å². The monoisotopic (exact) mass is 345 g/mol. The van der Waals surface area contributed by atoms with Crippen molar-refractivity contribution in [3.8, 4) is 11.5 Å². The fourth-order valence-electron chi connectivity index (χ4n) is 3.08. The van der Waals surface area contributed by atoms with Crippen molar-refractivity contribution in [3.63, 3.8) is 0 Å². The van der Waals surface area contributed by atoms with E-state index in [0.717, 1.165) is 29.2 Å². The van der Waals surface area contributed by atoms with E-state index < -0.39 is 0 Å². The predicted octanol–water partition coefficient (Wildman–Crippen LogP) is 3.82. The summed E-state index contributed by atoms with van der Waals surface area (Å²) >= 11 is 1.64. The highest BCUT2D eigenvalue weighted by Gasteiger charge is 2.20. The molecule has 1 amide bonds. The van der Waals surface area contributed by atoms with Crippen LogP contribution in [-0.2, 0) is 19.4 Å². The van der Waals surface area contributed by atoms with Crippen molar-refractivity contribution in [3.05, 3.63) is 45.1 Å². The molecule has 0 spiro atoms. The number of methoxy groups -OCH3 is 2. The summed E-state index contributed by atoms with van der Waals surface area (Å²) in [6.07, 6.45) is 3.42. The molecule has 1 aliphatic carbocycles. The van der Waals surface area contributed by atoms with Crippen LogP contribution in [0, 0.1) is 5.92 Å². The smallest absolute Gasteiger partial charge is 0.261 e. The van der Waals surface area contributed by atoms with Gasteiger partial charge in [0.05, 0.1) is 19.1 Å². The molecule has 0 saturated heterocycles. The maximum atomic E-state index is 12.4. The summed E-state index contributed by atoms with van der Waals surface area (Å²) in [6.45, 7) is 2.75. The number of ether oxygens (including phenoxy) is 2. The topological polar surface area (TPSA) is 47.6 Å². The number of rotatable bonds is 5. The Hall–Kier alpha value is -2.01. The van der Waals surface area contributed by atoms with Crippen molar-refractivity contribution in [1.82, 2.24) is 5.32 Å². The number of thiophene rings is 1. The molecule has 2 aromatic rings. The number of nitrogens with one attached hydrogen (secondary N) is 1. The van der Waals surface area contributed by atoms with Crippen molar-refractivity contribution in [2.45, 2.75) is 32.7 Å². The van der Waals surface area contributed by atoms with E-state index in [1.165, 1.54) is 16.9 Å². The molecule has 1 aromatic carbocycles. The summed E-state index contributed by atoms with van der Waals surface area (Å²) in [6, 6.07) is 7.74. The van der Waals surface area contributed by atoms with E-state index in [-0.39, 0.29) is 5.91 Å². The molecule has 5 heteroatoms. The summed E-state index contributed by atoms with van der Waals surface area (Å²) in [4.78, 5) is 14.6. The van der Waals surface area contributed by atoms with Gasteiger partial charge in [-0.1, -0.05) is 13.0 Å². The van der Waals surface area contributed by atoms with Gasteiger partial charge in [-0.25, -0.2) is 0 Å². The second-order valence-electron chi connectivity index (χ2n) is 6.28. The van der Waals surface area contributed by atoms with Gasteiger partial charge in [0.15, 0.2) is 11.5 Å². The van der Waals surface area contributed by atoms with Crippen molar-refractivity contribution < 1.29 is 14.3 Å². The molecule has 1 heterocycles. The van der Waals surface area contributed by atoms with Crippen LogP contribution < -0.4 is 14.8 Å². The zero-order valence-electron chi connectivity index (χ0n) is 14.3. The molecule has 128 valence electrons. The van der Waals surface area contributed by atoms with Gasteiger partial charge in [-0.3, -0.25) is 4.79 Å². The van der Waals surface area contributed by atoms with Gasteiger partial charge in [-0.15, -0.1) is 11.3 Å². The number of carbonyl (C=O) groups is 1. The normalized spacial score (nSPS) is 16.4. The van der Waals surface area contributed by atoms with Crippen molar-refractivity contribution in [1.29, 1.82) is 0 Å². The van der Waals surface area contributed by atoms with Crippen LogP contribution in [0.4, 0.5) is 0 Å². The summed E-state index contributed by atoms with van der Waals surface area (Å²) < 4.78 is 10.5. The average molecular weight is 345 g/mol. The van der Waals surface area contributed by atoms with Crippen LogP contribution in [-0.4, -0.2) is 20.1 Å². The van der Waals surface area contributed by atoms with E-state index in [1.807, 2.05) is 18.2 Å².